The number of hydrogen-bond donors (Lipinski definition) is 1. The van der Waals surface area contributed by atoms with Crippen molar-refractivity contribution in [3.8, 4) is 0 Å². The number of likely N-dealkylation sites (N-methyl/N-ethyl adjacent to an activating group) is 1. The van der Waals surface area contributed by atoms with E-state index < -0.39 is 17.0 Å². The highest BCUT2D eigenvalue weighted by molar-refractivity contribution is 5.90. The van der Waals surface area contributed by atoms with E-state index in [2.05, 4.69) is 85.3 Å². The van der Waals surface area contributed by atoms with Crippen molar-refractivity contribution in [2.45, 2.75) is 126 Å². The number of rotatable bonds is 6. The van der Waals surface area contributed by atoms with Crippen molar-refractivity contribution in [2.24, 2.45) is 56.2 Å². The third-order valence-corrected chi connectivity index (χ3v) is 16.1. The molecule has 0 bridgehead atoms. The van der Waals surface area contributed by atoms with Crippen LogP contribution in [0.5, 0.6) is 0 Å². The molecular formula is C44H65NO4. The second-order valence-electron chi connectivity index (χ2n) is 20.0. The summed E-state index contributed by atoms with van der Waals surface area (Å²) in [5, 5.41) is 11.0. The summed E-state index contributed by atoms with van der Waals surface area (Å²) >= 11 is 0. The van der Waals surface area contributed by atoms with Crippen molar-refractivity contribution >= 4 is 17.5 Å². The summed E-state index contributed by atoms with van der Waals surface area (Å²) < 4.78 is 5.63. The molecule has 0 saturated heterocycles. The first-order valence-corrected chi connectivity index (χ1v) is 19.2. The molecular weight excluding hydrogens is 606 g/mol. The lowest BCUT2D eigenvalue weighted by molar-refractivity contribution is -0.263. The molecule has 5 aliphatic rings. The van der Waals surface area contributed by atoms with Gasteiger partial charge in [0.1, 0.15) is 5.60 Å². The maximum atomic E-state index is 13.3. The molecule has 0 aromatic heterocycles. The molecule has 1 N–H and O–H groups in total. The zero-order valence-electron chi connectivity index (χ0n) is 32.6. The highest BCUT2D eigenvalue weighted by atomic mass is 16.6. The Morgan fingerprint density at radius 1 is 0.878 bits per heavy atom. The Hall–Kier alpha value is -2.40. The molecule has 0 unspecified atom stereocenters. The number of nitrogens with zero attached hydrogens (tertiary/aromatic N) is 1. The monoisotopic (exact) mass is 671 g/mol. The summed E-state index contributed by atoms with van der Waals surface area (Å²) in [4.78, 5) is 28.3. The Labute approximate surface area is 297 Å². The second-order valence-corrected chi connectivity index (χ2v) is 20.0. The minimum Gasteiger partial charge on any atom is -0.481 e. The number of carbonyl (C=O) groups is 2. The molecule has 5 nitrogen and oxygen atoms in total. The van der Waals surface area contributed by atoms with Crippen LogP contribution < -0.4 is 0 Å². The number of benzene rings is 1. The van der Waals surface area contributed by atoms with Crippen molar-refractivity contribution in [3.63, 3.8) is 0 Å². The number of esters is 1. The van der Waals surface area contributed by atoms with E-state index >= 15 is 0 Å². The van der Waals surface area contributed by atoms with Gasteiger partial charge in [0.25, 0.3) is 0 Å². The first-order chi connectivity index (χ1) is 22.6. The number of allylic oxidation sites excluding steroid dienone is 2. The standard InChI is InChI=1S/C44H65NO4/c1-28(27-45(11)12)31-17-24-44(37(47)48)26-25-43(10)41(8)22-19-33-39(5,6)32(29-13-15-30(16-14-29)36(46)49-38(2,3)4)18-21-40(33,7)34(41)20-23-42(43,9)35(31)44/h13-16,18,31,33-35H,1,17,19-27H2,2-12H3,(H,47,48)/t31-,33-,34+,35+,40-,41+,42+,43-,44-/m0/s1. The molecule has 0 radical (unpaired) electrons. The zero-order valence-corrected chi connectivity index (χ0v) is 32.6. The Morgan fingerprint density at radius 2 is 1.49 bits per heavy atom. The van der Waals surface area contributed by atoms with E-state index in [0.29, 0.717) is 17.4 Å². The van der Waals surface area contributed by atoms with Crippen LogP contribution in [0.2, 0.25) is 0 Å². The van der Waals surface area contributed by atoms with Crippen LogP contribution >= 0.6 is 0 Å². The summed E-state index contributed by atoms with van der Waals surface area (Å²) in [6.07, 6.45) is 11.8. The van der Waals surface area contributed by atoms with Crippen LogP contribution in [0, 0.1) is 56.2 Å². The minimum absolute atomic E-state index is 0.0189. The largest absolute Gasteiger partial charge is 0.481 e. The van der Waals surface area contributed by atoms with Crippen molar-refractivity contribution in [3.05, 3.63) is 53.6 Å². The van der Waals surface area contributed by atoms with Crippen molar-refractivity contribution in [1.82, 2.24) is 4.90 Å². The fraction of sp³-hybridized carbons (Fsp3) is 0.727. The van der Waals surface area contributed by atoms with Crippen LogP contribution in [-0.2, 0) is 9.53 Å². The van der Waals surface area contributed by atoms with Crippen LogP contribution in [0.15, 0.2) is 42.5 Å². The van der Waals surface area contributed by atoms with Gasteiger partial charge in [-0.3, -0.25) is 4.79 Å². The van der Waals surface area contributed by atoms with Gasteiger partial charge in [0.15, 0.2) is 0 Å². The lowest BCUT2D eigenvalue weighted by Crippen LogP contribution is -2.69. The molecule has 5 heteroatoms. The van der Waals surface area contributed by atoms with Gasteiger partial charge in [0.05, 0.1) is 11.0 Å². The molecule has 0 heterocycles. The Morgan fingerprint density at radius 3 is 2.08 bits per heavy atom. The molecule has 4 fully saturated rings. The molecule has 0 spiro atoms. The highest BCUT2D eigenvalue weighted by Gasteiger charge is 2.75. The van der Waals surface area contributed by atoms with Gasteiger partial charge in [0.2, 0.25) is 0 Å². The lowest BCUT2D eigenvalue weighted by Gasteiger charge is -2.75. The fourth-order valence-electron chi connectivity index (χ4n) is 13.8. The Bertz CT molecular complexity index is 1550. The van der Waals surface area contributed by atoms with Crippen LogP contribution in [0.25, 0.3) is 5.57 Å². The van der Waals surface area contributed by atoms with Gasteiger partial charge < -0.3 is 14.7 Å². The SMILES string of the molecule is C=C(CN(C)C)[C@@H]1CC[C@]2(C(=O)O)CC[C@@]3(C)[C@]4(C)CC[C@H]5C(C)(C)C(c6ccc(C(=O)OC(C)(C)C)cc6)=CC[C@]5(C)[C@H]4CC[C@]3(C)[C@@H]12. The van der Waals surface area contributed by atoms with Crippen molar-refractivity contribution in [2.75, 3.05) is 20.6 Å². The molecule has 6 rings (SSSR count). The van der Waals surface area contributed by atoms with E-state index in [1.165, 1.54) is 36.0 Å². The molecule has 0 amide bonds. The predicted molar refractivity (Wildman–Crippen MR) is 199 cm³/mol. The maximum absolute atomic E-state index is 13.3. The molecule has 9 atom stereocenters. The van der Waals surface area contributed by atoms with Gasteiger partial charge in [-0.05, 0) is 167 Å². The van der Waals surface area contributed by atoms with Crippen LogP contribution in [0.3, 0.4) is 0 Å². The van der Waals surface area contributed by atoms with Gasteiger partial charge in [-0.2, -0.15) is 0 Å². The summed E-state index contributed by atoms with van der Waals surface area (Å²) in [7, 11) is 4.21. The lowest BCUT2D eigenvalue weighted by atomic mass is 9.29. The van der Waals surface area contributed by atoms with Crippen LogP contribution in [0.4, 0.5) is 0 Å². The summed E-state index contributed by atoms with van der Waals surface area (Å²) in [5.41, 5.74) is 3.54. The van der Waals surface area contributed by atoms with E-state index in [9.17, 15) is 14.7 Å². The average Bonchev–Trinajstić information content (AvgIpc) is 3.40. The number of carbonyl (C=O) groups excluding carboxylic acids is 1. The quantitative estimate of drug-likeness (QED) is 0.241. The number of fused-ring (bicyclic) bond motifs is 7. The summed E-state index contributed by atoms with van der Waals surface area (Å²) in [6.45, 7) is 26.4. The molecule has 1 aromatic carbocycles. The molecule has 49 heavy (non-hydrogen) atoms. The molecule has 0 aliphatic heterocycles. The van der Waals surface area contributed by atoms with E-state index in [0.717, 1.165) is 45.1 Å². The Balaban J connectivity index is 1.34. The van der Waals surface area contributed by atoms with Gasteiger partial charge in [0, 0.05) is 6.54 Å². The smallest absolute Gasteiger partial charge is 0.338 e. The van der Waals surface area contributed by atoms with Crippen molar-refractivity contribution < 1.29 is 19.4 Å². The van der Waals surface area contributed by atoms with Gasteiger partial charge in [-0.25, -0.2) is 4.79 Å². The fourth-order valence-corrected chi connectivity index (χ4v) is 13.8. The second kappa shape index (κ2) is 11.6. The highest BCUT2D eigenvalue weighted by Crippen LogP contribution is 2.81. The average molecular weight is 672 g/mol. The van der Waals surface area contributed by atoms with Crippen LogP contribution in [-0.4, -0.2) is 48.2 Å². The van der Waals surface area contributed by atoms with Crippen LogP contribution in [0.1, 0.15) is 136 Å². The third kappa shape index (κ3) is 5.16. The third-order valence-electron chi connectivity index (χ3n) is 16.1. The van der Waals surface area contributed by atoms with Gasteiger partial charge in [-0.15, -0.1) is 0 Å². The number of ether oxygens (including phenoxy) is 1. The number of hydrogen-bond acceptors (Lipinski definition) is 4. The predicted octanol–water partition coefficient (Wildman–Crippen LogP) is 10.3. The molecule has 5 aliphatic carbocycles. The summed E-state index contributed by atoms with van der Waals surface area (Å²) in [6, 6.07) is 8.10. The van der Waals surface area contributed by atoms with E-state index in [-0.39, 0.29) is 44.9 Å². The number of carboxylic acid groups (broad SMARTS) is 1. The summed E-state index contributed by atoms with van der Waals surface area (Å²) in [5.74, 6) is 0.667. The Kier molecular flexibility index (Phi) is 8.58. The topological polar surface area (TPSA) is 66.8 Å². The molecule has 270 valence electrons. The van der Waals surface area contributed by atoms with Crippen molar-refractivity contribution in [1.29, 1.82) is 0 Å². The number of carboxylic acids is 1. The van der Waals surface area contributed by atoms with Gasteiger partial charge in [-0.1, -0.05) is 71.9 Å². The van der Waals surface area contributed by atoms with Gasteiger partial charge >= 0.3 is 11.9 Å². The minimum atomic E-state index is -0.637. The normalized spacial score (nSPS) is 41.1. The first-order valence-electron chi connectivity index (χ1n) is 19.2. The van der Waals surface area contributed by atoms with E-state index in [1.807, 2.05) is 32.9 Å². The van der Waals surface area contributed by atoms with E-state index in [4.69, 9.17) is 4.74 Å². The maximum Gasteiger partial charge on any atom is 0.338 e. The number of aliphatic carboxylic acids is 1. The first kappa shape index (κ1) is 36.4. The van der Waals surface area contributed by atoms with E-state index in [1.54, 1.807) is 0 Å². The molecule has 1 aromatic rings. The molecule has 4 saturated carbocycles. The zero-order chi connectivity index (χ0) is 36.2.